The molecule has 1 fully saturated rings. The van der Waals surface area contributed by atoms with E-state index in [1.807, 2.05) is 0 Å². The number of carbonyl (C=O) groups excluding carboxylic acids is 1. The Balaban J connectivity index is 1.61. The summed E-state index contributed by atoms with van der Waals surface area (Å²) in [6, 6.07) is 9.97. The molecule has 0 spiro atoms. The van der Waals surface area contributed by atoms with Gasteiger partial charge in [-0.25, -0.2) is 8.42 Å². The largest absolute Gasteiger partial charge is 0.324 e. The van der Waals surface area contributed by atoms with Gasteiger partial charge in [-0.05, 0) is 24.3 Å². The van der Waals surface area contributed by atoms with Gasteiger partial charge in [-0.3, -0.25) is 19.8 Å². The molecule has 0 bridgehead atoms. The maximum Gasteiger partial charge on any atom is 0.289 e. The quantitative estimate of drug-likeness (QED) is 0.510. The molecule has 1 N–H and O–H groups in total. The van der Waals surface area contributed by atoms with Crippen molar-refractivity contribution in [2.45, 2.75) is 4.90 Å². The van der Waals surface area contributed by atoms with Crippen LogP contribution in [-0.4, -0.2) is 61.2 Å². The van der Waals surface area contributed by atoms with E-state index >= 15 is 0 Å². The Hall–Kier alpha value is -2.24. The molecule has 1 amide bonds. The number of piperazine rings is 1. The van der Waals surface area contributed by atoms with Crippen molar-refractivity contribution in [1.82, 2.24) is 9.21 Å². The molecular weight excluding hydrogens is 455 g/mol. The second-order valence-corrected chi connectivity index (χ2v) is 9.33. The molecule has 0 aromatic heterocycles. The third-order valence-corrected chi connectivity index (χ3v) is 7.09. The van der Waals surface area contributed by atoms with Gasteiger partial charge >= 0.3 is 0 Å². The van der Waals surface area contributed by atoms with Crippen LogP contribution in [-0.2, 0) is 14.8 Å². The summed E-state index contributed by atoms with van der Waals surface area (Å²) in [5.41, 5.74) is -0.0653. The van der Waals surface area contributed by atoms with Crippen LogP contribution in [0.1, 0.15) is 0 Å². The van der Waals surface area contributed by atoms with Crippen molar-refractivity contribution < 1.29 is 18.1 Å². The van der Waals surface area contributed by atoms with Crippen LogP contribution >= 0.6 is 23.2 Å². The Morgan fingerprint density at radius 1 is 1.10 bits per heavy atom. The predicted molar refractivity (Wildman–Crippen MR) is 113 cm³/mol. The topological polar surface area (TPSA) is 113 Å². The first-order valence-electron chi connectivity index (χ1n) is 8.89. The minimum Gasteiger partial charge on any atom is -0.324 e. The summed E-state index contributed by atoms with van der Waals surface area (Å²) in [5.74, 6) is -0.311. The normalized spacial score (nSPS) is 15.7. The fraction of sp³-hybridized carbons (Fsp3) is 0.278. The van der Waals surface area contributed by atoms with Gasteiger partial charge in [-0.1, -0.05) is 35.3 Å². The fourth-order valence-corrected chi connectivity index (χ4v) is 5.00. The van der Waals surface area contributed by atoms with Crippen LogP contribution < -0.4 is 5.32 Å². The summed E-state index contributed by atoms with van der Waals surface area (Å²) in [5, 5.41) is 14.6. The summed E-state index contributed by atoms with van der Waals surface area (Å²) in [7, 11) is -4.02. The molecule has 30 heavy (non-hydrogen) atoms. The Morgan fingerprint density at radius 2 is 1.77 bits per heavy atom. The summed E-state index contributed by atoms with van der Waals surface area (Å²) in [4.78, 5) is 24.2. The highest BCUT2D eigenvalue weighted by atomic mass is 35.5. The van der Waals surface area contributed by atoms with Gasteiger partial charge in [0.05, 0.1) is 22.2 Å². The van der Waals surface area contributed by atoms with Crippen molar-refractivity contribution in [3.63, 3.8) is 0 Å². The monoisotopic (exact) mass is 472 g/mol. The van der Waals surface area contributed by atoms with Crippen molar-refractivity contribution in [2.24, 2.45) is 0 Å². The number of nitrogens with one attached hydrogen (secondary N) is 1. The first-order chi connectivity index (χ1) is 14.2. The Kier molecular flexibility index (Phi) is 6.94. The number of hydrogen-bond acceptors (Lipinski definition) is 6. The van der Waals surface area contributed by atoms with Crippen LogP contribution in [0.4, 0.5) is 11.4 Å². The minimum atomic E-state index is -4.02. The van der Waals surface area contributed by atoms with Gasteiger partial charge in [0.25, 0.3) is 5.69 Å². The van der Waals surface area contributed by atoms with E-state index < -0.39 is 20.6 Å². The molecule has 160 valence electrons. The average Bonchev–Trinajstić information content (AvgIpc) is 2.71. The number of hydrogen-bond donors (Lipinski definition) is 1. The zero-order chi connectivity index (χ0) is 21.9. The molecule has 9 nitrogen and oxygen atoms in total. The van der Waals surface area contributed by atoms with Crippen LogP contribution in [0.5, 0.6) is 0 Å². The smallest absolute Gasteiger partial charge is 0.289 e. The van der Waals surface area contributed by atoms with Crippen molar-refractivity contribution in [1.29, 1.82) is 0 Å². The maximum atomic E-state index is 12.8. The number of sulfonamides is 1. The van der Waals surface area contributed by atoms with E-state index in [1.165, 1.54) is 22.5 Å². The van der Waals surface area contributed by atoms with Crippen LogP contribution in [0.3, 0.4) is 0 Å². The van der Waals surface area contributed by atoms with Crippen molar-refractivity contribution >= 4 is 50.5 Å². The number of carbonyl (C=O) groups is 1. The molecule has 0 radical (unpaired) electrons. The first-order valence-corrected chi connectivity index (χ1v) is 11.1. The third-order valence-electron chi connectivity index (χ3n) is 4.58. The van der Waals surface area contributed by atoms with E-state index in [2.05, 4.69) is 5.32 Å². The van der Waals surface area contributed by atoms with E-state index in [0.717, 1.165) is 6.07 Å². The molecule has 1 heterocycles. The molecule has 12 heteroatoms. The van der Waals surface area contributed by atoms with Crippen molar-refractivity contribution in [3.8, 4) is 0 Å². The number of nitro benzene ring substituents is 1. The van der Waals surface area contributed by atoms with Gasteiger partial charge in [-0.15, -0.1) is 0 Å². The molecule has 2 aromatic rings. The number of rotatable bonds is 6. The van der Waals surface area contributed by atoms with E-state index in [4.69, 9.17) is 23.2 Å². The highest BCUT2D eigenvalue weighted by molar-refractivity contribution is 7.89. The molecule has 1 aliphatic rings. The standard InChI is InChI=1S/C18H18Cl2N4O5S/c19-13-5-6-14(20)15(11-13)21-18(25)12-22-7-9-23(10-8-22)30(28,29)17-4-2-1-3-16(17)24(26)27/h1-6,11H,7-10,12H2,(H,21,25). The first kappa shape index (κ1) is 22.4. The molecule has 1 saturated heterocycles. The minimum absolute atomic E-state index is 0.0439. The lowest BCUT2D eigenvalue weighted by Crippen LogP contribution is -2.50. The van der Waals surface area contributed by atoms with E-state index in [1.54, 1.807) is 23.1 Å². The van der Waals surface area contributed by atoms with Crippen LogP contribution in [0.25, 0.3) is 0 Å². The summed E-state index contributed by atoms with van der Waals surface area (Å²) in [6.45, 7) is 0.870. The Morgan fingerprint density at radius 3 is 2.43 bits per heavy atom. The SMILES string of the molecule is O=C(CN1CCN(S(=O)(=O)c2ccccc2[N+](=O)[O-])CC1)Nc1cc(Cl)ccc1Cl. The third kappa shape index (κ3) is 5.08. The molecule has 0 unspecified atom stereocenters. The highest BCUT2D eigenvalue weighted by Crippen LogP contribution is 2.27. The summed E-state index contributed by atoms with van der Waals surface area (Å²) in [6.07, 6.45) is 0. The summed E-state index contributed by atoms with van der Waals surface area (Å²) >= 11 is 11.9. The molecule has 0 aliphatic carbocycles. The lowest BCUT2D eigenvalue weighted by atomic mass is 10.3. The molecule has 1 aliphatic heterocycles. The molecule has 3 rings (SSSR count). The number of amides is 1. The number of benzene rings is 2. The number of halogens is 2. The van der Waals surface area contributed by atoms with Gasteiger partial charge < -0.3 is 5.32 Å². The lowest BCUT2D eigenvalue weighted by molar-refractivity contribution is -0.387. The zero-order valence-electron chi connectivity index (χ0n) is 15.6. The lowest BCUT2D eigenvalue weighted by Gasteiger charge is -2.33. The van der Waals surface area contributed by atoms with Crippen LogP contribution in [0, 0.1) is 10.1 Å². The molecule has 0 atom stereocenters. The van der Waals surface area contributed by atoms with Crippen molar-refractivity contribution in [2.75, 3.05) is 38.0 Å². The number of anilines is 1. The number of nitro groups is 1. The Bertz CT molecular complexity index is 1070. The van der Waals surface area contributed by atoms with Gasteiger partial charge in [0.2, 0.25) is 15.9 Å². The average molecular weight is 473 g/mol. The molecular formula is C18H18Cl2N4O5S. The summed E-state index contributed by atoms with van der Waals surface area (Å²) < 4.78 is 26.9. The second kappa shape index (κ2) is 9.27. The van der Waals surface area contributed by atoms with E-state index in [0.29, 0.717) is 28.8 Å². The molecule has 0 saturated carbocycles. The second-order valence-electron chi connectivity index (χ2n) is 6.58. The van der Waals surface area contributed by atoms with Gasteiger partial charge in [0.15, 0.2) is 4.90 Å². The van der Waals surface area contributed by atoms with Crippen LogP contribution in [0.15, 0.2) is 47.4 Å². The van der Waals surface area contributed by atoms with E-state index in [-0.39, 0.29) is 30.4 Å². The predicted octanol–water partition coefficient (Wildman–Crippen LogP) is 2.85. The van der Waals surface area contributed by atoms with E-state index in [9.17, 15) is 23.3 Å². The number of nitrogens with zero attached hydrogens (tertiary/aromatic N) is 3. The maximum absolute atomic E-state index is 12.8. The van der Waals surface area contributed by atoms with Gasteiger partial charge in [0.1, 0.15) is 0 Å². The zero-order valence-corrected chi connectivity index (χ0v) is 18.0. The highest BCUT2D eigenvalue weighted by Gasteiger charge is 2.33. The fourth-order valence-electron chi connectivity index (χ4n) is 3.08. The van der Waals surface area contributed by atoms with Crippen molar-refractivity contribution in [3.05, 3.63) is 62.6 Å². The van der Waals surface area contributed by atoms with Gasteiger partial charge in [-0.2, -0.15) is 4.31 Å². The molecule has 2 aromatic carbocycles. The Labute approximate surface area is 183 Å². The number of para-hydroxylation sites is 1. The van der Waals surface area contributed by atoms with Gasteiger partial charge in [0, 0.05) is 37.3 Å². The van der Waals surface area contributed by atoms with Crippen LogP contribution in [0.2, 0.25) is 10.0 Å².